The number of carbonyl (C=O) groups excluding carboxylic acids is 7. The Morgan fingerprint density at radius 3 is 2.41 bits per heavy atom. The first-order chi connectivity index (χ1) is 30.0. The summed E-state index contributed by atoms with van der Waals surface area (Å²) in [6, 6.07) is 13.4. The van der Waals surface area contributed by atoms with Crippen molar-refractivity contribution in [3.8, 4) is 5.75 Å². The Hall–Kier alpha value is -6.11. The van der Waals surface area contributed by atoms with Gasteiger partial charge in [0.15, 0.2) is 17.3 Å². The average molecular weight is 920 g/mol. The number of hydrogen-bond acceptors (Lipinski definition) is 12. The molecule has 0 aliphatic carbocycles. The van der Waals surface area contributed by atoms with Gasteiger partial charge >= 0.3 is 0 Å². The van der Waals surface area contributed by atoms with Crippen molar-refractivity contribution < 1.29 is 42.7 Å². The highest BCUT2D eigenvalue weighted by molar-refractivity contribution is 7.99. The van der Waals surface area contributed by atoms with Crippen LogP contribution in [0.15, 0.2) is 65.6 Å². The fraction of sp³-hybridized carbons (Fsp3) is 0.326. The van der Waals surface area contributed by atoms with E-state index in [1.165, 1.54) is 23.9 Å². The lowest BCUT2D eigenvalue weighted by Gasteiger charge is -2.44. The summed E-state index contributed by atoms with van der Waals surface area (Å²) in [5.41, 5.74) is 7.17. The lowest BCUT2D eigenvalue weighted by molar-refractivity contribution is -0.138. The van der Waals surface area contributed by atoms with Gasteiger partial charge in [-0.2, -0.15) is 0 Å². The summed E-state index contributed by atoms with van der Waals surface area (Å²) < 4.78 is 20.0. The molecule has 0 saturated carbocycles. The first kappa shape index (κ1) is 44.9. The molecule has 328 valence electrons. The number of carbonyl (C=O) groups is 7. The van der Waals surface area contributed by atoms with E-state index in [9.17, 15) is 38.0 Å². The molecule has 16 nitrogen and oxygen atoms in total. The Kier molecular flexibility index (Phi) is 13.3. The maximum absolute atomic E-state index is 14.1. The minimum absolute atomic E-state index is 0.00345. The molecule has 4 N–H and O–H groups in total. The van der Waals surface area contributed by atoms with Crippen molar-refractivity contribution in [3.63, 3.8) is 0 Å². The van der Waals surface area contributed by atoms with Gasteiger partial charge in [-0.1, -0.05) is 29.3 Å². The second-order valence-electron chi connectivity index (χ2n) is 15.3. The van der Waals surface area contributed by atoms with Crippen molar-refractivity contribution in [2.75, 3.05) is 29.9 Å². The SMILES string of the molecule is CC(Oc1cc(C(=O)Nc2ccc(C(=O)N3C[C@@H](C)N(C(=O)CCCSc4cccc5c4C(=O)N(C4CCC(=O)NC4=O)C5=O)[C@@H](C)C3)cc2)nnc1N)c1c(Cl)ccc(F)c1Cl. The van der Waals surface area contributed by atoms with E-state index in [1.54, 1.807) is 59.2 Å². The number of anilines is 2. The third-order valence-corrected chi connectivity index (χ3v) is 12.8. The lowest BCUT2D eigenvalue weighted by Crippen LogP contribution is -2.59. The molecule has 4 atom stereocenters. The number of halogens is 3. The van der Waals surface area contributed by atoms with Gasteiger partial charge < -0.3 is 25.6 Å². The molecule has 7 rings (SSSR count). The number of nitrogen functional groups attached to an aromatic ring is 1. The molecule has 0 bridgehead atoms. The monoisotopic (exact) mass is 918 g/mol. The number of piperazine rings is 1. The number of thioether (sulfide) groups is 1. The fourth-order valence-electron chi connectivity index (χ4n) is 7.95. The molecule has 4 heterocycles. The predicted octanol–water partition coefficient (Wildman–Crippen LogP) is 5.93. The van der Waals surface area contributed by atoms with Crippen LogP contribution in [0.4, 0.5) is 15.9 Å². The van der Waals surface area contributed by atoms with Crippen LogP contribution in [-0.4, -0.2) is 103 Å². The number of imide groups is 2. The number of nitrogens with two attached hydrogens (primary N) is 1. The maximum Gasteiger partial charge on any atom is 0.276 e. The summed E-state index contributed by atoms with van der Waals surface area (Å²) in [4.78, 5) is 96.0. The summed E-state index contributed by atoms with van der Waals surface area (Å²) in [6.45, 7) is 5.95. The van der Waals surface area contributed by atoms with Crippen LogP contribution >= 0.6 is 35.0 Å². The van der Waals surface area contributed by atoms with Crippen molar-refractivity contribution in [3.05, 3.63) is 104 Å². The molecule has 63 heavy (non-hydrogen) atoms. The molecule has 3 aliphatic rings. The number of nitrogens with one attached hydrogen (secondary N) is 2. The van der Waals surface area contributed by atoms with Crippen LogP contribution in [0, 0.1) is 5.82 Å². The minimum Gasteiger partial charge on any atom is -0.482 e. The number of aromatic nitrogens is 2. The van der Waals surface area contributed by atoms with E-state index in [1.807, 2.05) is 13.8 Å². The van der Waals surface area contributed by atoms with Gasteiger partial charge in [0.25, 0.3) is 23.6 Å². The molecule has 2 saturated heterocycles. The number of benzene rings is 3. The number of amides is 7. The van der Waals surface area contributed by atoms with Crippen LogP contribution in [0.2, 0.25) is 10.0 Å². The van der Waals surface area contributed by atoms with E-state index in [-0.39, 0.29) is 87.2 Å². The summed E-state index contributed by atoms with van der Waals surface area (Å²) >= 11 is 13.7. The zero-order valence-electron chi connectivity index (χ0n) is 34.2. The number of hydrogen-bond donors (Lipinski definition) is 3. The zero-order chi connectivity index (χ0) is 45.3. The summed E-state index contributed by atoms with van der Waals surface area (Å²) in [7, 11) is 0. The van der Waals surface area contributed by atoms with Gasteiger partial charge in [-0.3, -0.25) is 43.8 Å². The fourth-order valence-corrected chi connectivity index (χ4v) is 9.65. The molecule has 2 unspecified atom stereocenters. The van der Waals surface area contributed by atoms with Crippen molar-refractivity contribution in [2.24, 2.45) is 0 Å². The Labute approximate surface area is 375 Å². The van der Waals surface area contributed by atoms with Gasteiger partial charge in [-0.15, -0.1) is 22.0 Å². The highest BCUT2D eigenvalue weighted by atomic mass is 35.5. The molecular weight excluding hydrogens is 878 g/mol. The van der Waals surface area contributed by atoms with Crippen LogP contribution in [0.3, 0.4) is 0 Å². The lowest BCUT2D eigenvalue weighted by atomic mass is 10.0. The molecule has 0 spiro atoms. The molecule has 1 aromatic heterocycles. The van der Waals surface area contributed by atoms with Crippen LogP contribution < -0.4 is 21.1 Å². The molecule has 3 aromatic carbocycles. The highest BCUT2D eigenvalue weighted by Gasteiger charge is 2.45. The Balaban J connectivity index is 0.896. The Morgan fingerprint density at radius 1 is 1.00 bits per heavy atom. The summed E-state index contributed by atoms with van der Waals surface area (Å²) in [6.07, 6.45) is -0.0721. The second kappa shape index (κ2) is 18.7. The van der Waals surface area contributed by atoms with Gasteiger partial charge in [0.2, 0.25) is 17.7 Å². The number of nitrogens with zero attached hydrogens (tertiary/aromatic N) is 5. The van der Waals surface area contributed by atoms with Gasteiger partial charge in [-0.05, 0) is 87.9 Å². The van der Waals surface area contributed by atoms with E-state index in [4.69, 9.17) is 33.7 Å². The minimum atomic E-state index is -1.06. The number of fused-ring (bicyclic) bond motifs is 1. The molecule has 4 aromatic rings. The second-order valence-corrected chi connectivity index (χ2v) is 17.2. The third-order valence-electron chi connectivity index (χ3n) is 10.9. The van der Waals surface area contributed by atoms with E-state index < -0.39 is 47.5 Å². The topological polar surface area (TPSA) is 214 Å². The van der Waals surface area contributed by atoms with Crippen LogP contribution in [0.25, 0.3) is 0 Å². The van der Waals surface area contributed by atoms with Crippen LogP contribution in [0.5, 0.6) is 5.75 Å². The Bertz CT molecular complexity index is 2540. The van der Waals surface area contributed by atoms with E-state index in [2.05, 4.69) is 20.8 Å². The van der Waals surface area contributed by atoms with Gasteiger partial charge in [-0.25, -0.2) is 4.39 Å². The number of ether oxygens (including phenoxy) is 1. The van der Waals surface area contributed by atoms with Crippen molar-refractivity contribution in [1.29, 1.82) is 0 Å². The van der Waals surface area contributed by atoms with Crippen molar-refractivity contribution in [1.82, 2.24) is 30.2 Å². The third kappa shape index (κ3) is 9.33. The van der Waals surface area contributed by atoms with Gasteiger partial charge in [0.05, 0.1) is 16.1 Å². The molecule has 20 heteroatoms. The summed E-state index contributed by atoms with van der Waals surface area (Å²) in [5, 5.41) is 12.5. The first-order valence-electron chi connectivity index (χ1n) is 20.0. The van der Waals surface area contributed by atoms with E-state index >= 15 is 0 Å². The normalized spacial score (nSPS) is 19.1. The van der Waals surface area contributed by atoms with Gasteiger partial charge in [0, 0.05) is 70.8 Å². The standard InChI is InChI=1S/C43H41Cl2FN8O8S/c1-21-19-52(20-22(2)53(21)34(56)8-5-17-63-32-7-4-6-26-36(32)43(61)54(42(26)60)30-15-16-33(55)49-40(30)58)41(59)24-9-11-25(12-10-24)48-39(57)29-18-31(38(47)51-50-29)62-23(3)35-27(44)13-14-28(46)37(35)45/h4,6-7,9-14,18,21-23,30H,5,8,15-17,19-20H2,1-3H3,(H2,47,51)(H,48,57)(H,49,55,58)/t21-,22+,23?,30?. The van der Waals surface area contributed by atoms with E-state index in [0.29, 0.717) is 41.4 Å². The molecule has 2 fully saturated rings. The predicted molar refractivity (Wildman–Crippen MR) is 231 cm³/mol. The van der Waals surface area contributed by atoms with Crippen molar-refractivity contribution in [2.45, 2.75) is 75.6 Å². The zero-order valence-corrected chi connectivity index (χ0v) is 36.5. The Morgan fingerprint density at radius 2 is 1.71 bits per heavy atom. The highest BCUT2D eigenvalue weighted by Crippen LogP contribution is 2.37. The average Bonchev–Trinajstić information content (AvgIpc) is 3.50. The molecular formula is C43H41Cl2FN8O8S. The molecule has 3 aliphatic heterocycles. The van der Waals surface area contributed by atoms with E-state index in [0.717, 1.165) is 11.0 Å². The summed E-state index contributed by atoms with van der Waals surface area (Å²) in [5.74, 6) is -3.57. The van der Waals surface area contributed by atoms with Crippen LogP contribution in [-0.2, 0) is 14.4 Å². The molecule has 0 radical (unpaired) electrons. The quantitative estimate of drug-likeness (QED) is 0.0653. The maximum atomic E-state index is 14.1. The first-order valence-corrected chi connectivity index (χ1v) is 21.7. The van der Waals surface area contributed by atoms with Crippen molar-refractivity contribution >= 4 is 87.8 Å². The largest absolute Gasteiger partial charge is 0.482 e. The molecule has 7 amide bonds. The van der Waals surface area contributed by atoms with Crippen LogP contribution in [0.1, 0.15) is 99.7 Å². The smallest absolute Gasteiger partial charge is 0.276 e. The number of piperidine rings is 1. The van der Waals surface area contributed by atoms with Gasteiger partial charge in [0.1, 0.15) is 18.0 Å². The number of rotatable bonds is 12.